The number of benzene rings is 2. The number of unbranched alkanes of at least 4 members (excludes halogenated alkanes) is 3. The molecule has 0 saturated heterocycles. The standard InChI is InChI=1S/C47H72N6O10/c1-10-11-16-32-19-21-33(22-20-32)34-23-25-35(26-24-34)40(55)52-37(18-13-15-28-49-45(61)63-47(7,8)9)42(57)53-36(17-12-14-27-48-44(60)62-46(4,5)6)41(56)50-30-39(54)51-38(43(58)59)29-31(2)3/h19-26,31,36-38H,10-18,27-30H2,1-9H3,(H,48,60)(H,49,61)(H,50,56)(H,51,54)(H,52,55)(H,53,57)(H,58,59). The van der Waals surface area contributed by atoms with Crippen molar-refractivity contribution < 1.29 is 48.1 Å². The van der Waals surface area contributed by atoms with E-state index in [4.69, 9.17) is 9.47 Å². The lowest BCUT2D eigenvalue weighted by Crippen LogP contribution is -2.55. The van der Waals surface area contributed by atoms with E-state index in [-0.39, 0.29) is 38.3 Å². The molecule has 2 rings (SSSR count). The van der Waals surface area contributed by atoms with Crippen molar-refractivity contribution in [3.8, 4) is 11.1 Å². The number of hydrogen-bond donors (Lipinski definition) is 7. The number of carbonyl (C=O) groups excluding carboxylic acids is 6. The highest BCUT2D eigenvalue weighted by molar-refractivity contribution is 5.99. The zero-order chi connectivity index (χ0) is 47.2. The van der Waals surface area contributed by atoms with E-state index in [1.54, 1.807) is 53.7 Å². The highest BCUT2D eigenvalue weighted by atomic mass is 16.6. The van der Waals surface area contributed by atoms with E-state index >= 15 is 0 Å². The van der Waals surface area contributed by atoms with E-state index in [0.29, 0.717) is 31.2 Å². The summed E-state index contributed by atoms with van der Waals surface area (Å²) >= 11 is 0. The summed E-state index contributed by atoms with van der Waals surface area (Å²) in [5.74, 6) is -3.80. The number of aliphatic carboxylic acids is 1. The third-order valence-corrected chi connectivity index (χ3v) is 9.45. The Bertz CT molecular complexity index is 1790. The lowest BCUT2D eigenvalue weighted by molar-refractivity contribution is -0.142. The topological polar surface area (TPSA) is 230 Å². The Balaban J connectivity index is 2.26. The maximum Gasteiger partial charge on any atom is 0.407 e. The molecule has 0 heterocycles. The first kappa shape index (κ1) is 53.5. The van der Waals surface area contributed by atoms with Crippen LogP contribution in [0.1, 0.15) is 136 Å². The van der Waals surface area contributed by atoms with Crippen molar-refractivity contribution in [2.24, 2.45) is 5.92 Å². The van der Waals surface area contributed by atoms with E-state index in [1.165, 1.54) is 5.56 Å². The first-order valence-corrected chi connectivity index (χ1v) is 22.1. The fourth-order valence-corrected chi connectivity index (χ4v) is 6.30. The van der Waals surface area contributed by atoms with Crippen LogP contribution in [-0.2, 0) is 35.1 Å². The number of aryl methyl sites for hydroxylation is 1. The summed E-state index contributed by atoms with van der Waals surface area (Å²) in [5, 5.41) is 25.4. The summed E-state index contributed by atoms with van der Waals surface area (Å²) in [5.41, 5.74) is 2.13. The van der Waals surface area contributed by atoms with Crippen molar-refractivity contribution in [1.29, 1.82) is 0 Å². The number of carbonyl (C=O) groups is 7. The largest absolute Gasteiger partial charge is 0.480 e. The van der Waals surface area contributed by atoms with E-state index in [0.717, 1.165) is 30.4 Å². The predicted octanol–water partition coefficient (Wildman–Crippen LogP) is 6.40. The maximum absolute atomic E-state index is 14.0. The Hall–Kier alpha value is -5.67. The molecule has 6 amide bonds. The number of rotatable bonds is 25. The molecule has 0 spiro atoms. The van der Waals surface area contributed by atoms with E-state index < -0.39 is 77.7 Å². The molecule has 0 fully saturated rings. The van der Waals surface area contributed by atoms with E-state index in [9.17, 15) is 38.7 Å². The van der Waals surface area contributed by atoms with Gasteiger partial charge in [-0.05, 0) is 134 Å². The third-order valence-electron chi connectivity index (χ3n) is 9.45. The molecule has 2 aromatic rings. The minimum atomic E-state index is -1.20. The van der Waals surface area contributed by atoms with Crippen LogP contribution in [0.25, 0.3) is 11.1 Å². The van der Waals surface area contributed by atoms with Crippen LogP contribution in [0, 0.1) is 5.92 Å². The number of carboxylic acid groups (broad SMARTS) is 1. The average molecular weight is 881 g/mol. The van der Waals surface area contributed by atoms with Crippen molar-refractivity contribution in [1.82, 2.24) is 31.9 Å². The SMILES string of the molecule is CCCCc1ccc(-c2ccc(C(=O)NC(CCCCNC(=O)OC(C)(C)C)C(=O)NC(CCCCNC(=O)OC(C)(C)C)C(=O)NCC(=O)NC(CC(C)C)C(=O)O)cc2)cc1. The minimum Gasteiger partial charge on any atom is -0.480 e. The van der Waals surface area contributed by atoms with Crippen molar-refractivity contribution in [3.63, 3.8) is 0 Å². The Kier molecular flexibility index (Phi) is 22.7. The van der Waals surface area contributed by atoms with Crippen LogP contribution in [0.15, 0.2) is 48.5 Å². The van der Waals surface area contributed by atoms with Crippen LogP contribution in [-0.4, -0.2) is 95.9 Å². The molecule has 0 aliphatic carbocycles. The van der Waals surface area contributed by atoms with E-state index in [1.807, 2.05) is 38.1 Å². The summed E-state index contributed by atoms with van der Waals surface area (Å²) in [6, 6.07) is 11.9. The lowest BCUT2D eigenvalue weighted by Gasteiger charge is -2.24. The number of nitrogens with one attached hydrogen (secondary N) is 6. The molecule has 0 saturated carbocycles. The molecular formula is C47H72N6O10. The third kappa shape index (κ3) is 22.8. The minimum absolute atomic E-state index is 0.0162. The molecule has 350 valence electrons. The van der Waals surface area contributed by atoms with Gasteiger partial charge in [0.05, 0.1) is 6.54 Å². The predicted molar refractivity (Wildman–Crippen MR) is 242 cm³/mol. The highest BCUT2D eigenvalue weighted by Gasteiger charge is 2.28. The monoisotopic (exact) mass is 881 g/mol. The first-order valence-electron chi connectivity index (χ1n) is 22.1. The first-order chi connectivity index (χ1) is 29.6. The molecule has 0 bridgehead atoms. The highest BCUT2D eigenvalue weighted by Crippen LogP contribution is 2.21. The van der Waals surface area contributed by atoms with Crippen molar-refractivity contribution in [2.45, 2.75) is 156 Å². The summed E-state index contributed by atoms with van der Waals surface area (Å²) in [4.78, 5) is 90.1. The molecule has 16 heteroatoms. The van der Waals surface area contributed by atoms with Crippen LogP contribution in [0.2, 0.25) is 0 Å². The lowest BCUT2D eigenvalue weighted by atomic mass is 10.0. The number of ether oxygens (including phenoxy) is 2. The maximum atomic E-state index is 14.0. The number of carboxylic acids is 1. The molecule has 7 N–H and O–H groups in total. The molecule has 0 aliphatic heterocycles. The number of alkyl carbamates (subject to hydrolysis) is 2. The van der Waals surface area contributed by atoms with Crippen molar-refractivity contribution in [2.75, 3.05) is 19.6 Å². The normalized spacial score (nSPS) is 12.9. The van der Waals surface area contributed by atoms with Crippen LogP contribution in [0.4, 0.5) is 9.59 Å². The summed E-state index contributed by atoms with van der Waals surface area (Å²) < 4.78 is 10.6. The van der Waals surface area contributed by atoms with Gasteiger partial charge < -0.3 is 46.5 Å². The Morgan fingerprint density at radius 2 is 1.10 bits per heavy atom. The van der Waals surface area contributed by atoms with Crippen molar-refractivity contribution >= 4 is 41.8 Å². The van der Waals surface area contributed by atoms with Crippen LogP contribution < -0.4 is 31.9 Å². The van der Waals surface area contributed by atoms with Crippen LogP contribution in [0.3, 0.4) is 0 Å². The Labute approximate surface area is 373 Å². The molecule has 16 nitrogen and oxygen atoms in total. The second kappa shape index (κ2) is 26.7. The zero-order valence-corrected chi connectivity index (χ0v) is 38.7. The Morgan fingerprint density at radius 3 is 1.56 bits per heavy atom. The smallest absolute Gasteiger partial charge is 0.407 e. The second-order valence-electron chi connectivity index (χ2n) is 18.1. The summed E-state index contributed by atoms with van der Waals surface area (Å²) in [7, 11) is 0. The fraction of sp³-hybridized carbons (Fsp3) is 0.596. The molecule has 3 atom stereocenters. The van der Waals surface area contributed by atoms with Crippen LogP contribution in [0.5, 0.6) is 0 Å². The summed E-state index contributed by atoms with van der Waals surface area (Å²) in [6.07, 6.45) is 4.11. The number of hydrogen-bond acceptors (Lipinski definition) is 9. The zero-order valence-electron chi connectivity index (χ0n) is 38.7. The molecule has 0 aromatic heterocycles. The quantitative estimate of drug-likeness (QED) is 0.0543. The average Bonchev–Trinajstić information content (AvgIpc) is 3.19. The van der Waals surface area contributed by atoms with Gasteiger partial charge in [0.2, 0.25) is 17.7 Å². The van der Waals surface area contributed by atoms with E-state index in [2.05, 4.69) is 51.0 Å². The van der Waals surface area contributed by atoms with Gasteiger partial charge in [-0.3, -0.25) is 19.2 Å². The van der Waals surface area contributed by atoms with Gasteiger partial charge in [-0.1, -0.05) is 63.6 Å². The molecule has 0 radical (unpaired) electrons. The van der Waals surface area contributed by atoms with Crippen LogP contribution >= 0.6 is 0 Å². The Morgan fingerprint density at radius 1 is 0.603 bits per heavy atom. The molecule has 2 aromatic carbocycles. The van der Waals surface area contributed by atoms with Gasteiger partial charge in [0, 0.05) is 18.7 Å². The van der Waals surface area contributed by atoms with Gasteiger partial charge in [0.25, 0.3) is 5.91 Å². The van der Waals surface area contributed by atoms with Gasteiger partial charge in [-0.15, -0.1) is 0 Å². The van der Waals surface area contributed by atoms with Gasteiger partial charge in [0.1, 0.15) is 29.3 Å². The second-order valence-corrected chi connectivity index (χ2v) is 18.1. The summed E-state index contributed by atoms with van der Waals surface area (Å²) in [6.45, 7) is 16.2. The fourth-order valence-electron chi connectivity index (χ4n) is 6.30. The van der Waals surface area contributed by atoms with Gasteiger partial charge >= 0.3 is 18.2 Å². The van der Waals surface area contributed by atoms with Gasteiger partial charge in [-0.25, -0.2) is 14.4 Å². The molecular weight excluding hydrogens is 809 g/mol. The van der Waals surface area contributed by atoms with Gasteiger partial charge in [0.15, 0.2) is 0 Å². The molecule has 63 heavy (non-hydrogen) atoms. The van der Waals surface area contributed by atoms with Gasteiger partial charge in [-0.2, -0.15) is 0 Å². The molecule has 0 aliphatic rings. The number of amides is 6. The molecule has 3 unspecified atom stereocenters. The van der Waals surface area contributed by atoms with Crippen molar-refractivity contribution in [3.05, 3.63) is 59.7 Å².